The number of phenolic OH excluding ortho intramolecular Hbond substituents is 1. The third kappa shape index (κ3) is 2.47. The predicted molar refractivity (Wildman–Crippen MR) is 72.6 cm³/mol. The third-order valence-electron chi connectivity index (χ3n) is 2.84. The summed E-state index contributed by atoms with van der Waals surface area (Å²) in [7, 11) is 1.53. The number of hydrogen-bond acceptors (Lipinski definition) is 4. The molecule has 2 aromatic rings. The Bertz CT molecular complexity index is 617. The molecule has 0 aromatic heterocycles. The molecule has 0 aliphatic carbocycles. The van der Waals surface area contributed by atoms with Gasteiger partial charge in [0.2, 0.25) is 0 Å². The third-order valence-corrected chi connectivity index (χ3v) is 2.84. The van der Waals surface area contributed by atoms with Crippen molar-refractivity contribution in [3.63, 3.8) is 0 Å². The highest BCUT2D eigenvalue weighted by molar-refractivity contribution is 5.98. The van der Waals surface area contributed by atoms with E-state index in [1.54, 1.807) is 38.1 Å². The molecule has 2 rings (SSSR count). The Balaban J connectivity index is 2.58. The van der Waals surface area contributed by atoms with Gasteiger partial charge in [0.05, 0.1) is 18.4 Å². The maximum Gasteiger partial charge on any atom is 0.313 e. The van der Waals surface area contributed by atoms with E-state index >= 15 is 0 Å². The van der Waals surface area contributed by atoms with Gasteiger partial charge in [-0.3, -0.25) is 4.79 Å². The largest absolute Gasteiger partial charge is 0.507 e. The summed E-state index contributed by atoms with van der Waals surface area (Å²) in [6.45, 7) is 3.54. The number of carbonyl (C=O) groups excluding carboxylic acids is 1. The minimum absolute atomic E-state index is 0.0943. The van der Waals surface area contributed by atoms with E-state index in [2.05, 4.69) is 0 Å². The fraction of sp³-hybridized carbons (Fsp3) is 0.267. The number of carbonyl (C=O) groups is 1. The molecule has 0 bridgehead atoms. The zero-order valence-electron chi connectivity index (χ0n) is 11.1. The molecule has 4 nitrogen and oxygen atoms in total. The first-order chi connectivity index (χ1) is 9.04. The quantitative estimate of drug-likeness (QED) is 0.680. The molecule has 0 atom stereocenters. The average Bonchev–Trinajstić information content (AvgIpc) is 2.41. The fourth-order valence-corrected chi connectivity index (χ4v) is 1.81. The Labute approximate surface area is 111 Å². The lowest BCUT2D eigenvalue weighted by Crippen LogP contribution is -2.14. The van der Waals surface area contributed by atoms with Crippen molar-refractivity contribution in [3.05, 3.63) is 30.3 Å². The SMILES string of the molecule is COc1cccc2c(OC(=O)C(C)C)ccc(O)c12. The minimum atomic E-state index is -0.310. The molecule has 4 heteroatoms. The van der Waals surface area contributed by atoms with Crippen molar-refractivity contribution in [2.75, 3.05) is 7.11 Å². The van der Waals surface area contributed by atoms with E-state index in [9.17, 15) is 9.90 Å². The summed E-state index contributed by atoms with van der Waals surface area (Å²) in [6, 6.07) is 8.38. The van der Waals surface area contributed by atoms with Crippen LogP contribution in [0.4, 0.5) is 0 Å². The van der Waals surface area contributed by atoms with Crippen LogP contribution in [0.15, 0.2) is 30.3 Å². The molecule has 0 radical (unpaired) electrons. The molecule has 0 saturated heterocycles. The zero-order valence-corrected chi connectivity index (χ0v) is 11.1. The van der Waals surface area contributed by atoms with Gasteiger partial charge in [0.1, 0.15) is 17.2 Å². The second-order valence-electron chi connectivity index (χ2n) is 4.54. The second kappa shape index (κ2) is 5.18. The highest BCUT2D eigenvalue weighted by Crippen LogP contribution is 2.38. The number of phenols is 1. The first-order valence-electron chi connectivity index (χ1n) is 6.05. The highest BCUT2D eigenvalue weighted by Gasteiger charge is 2.15. The van der Waals surface area contributed by atoms with Crippen molar-refractivity contribution in [1.29, 1.82) is 0 Å². The monoisotopic (exact) mass is 260 g/mol. The minimum Gasteiger partial charge on any atom is -0.507 e. The Kier molecular flexibility index (Phi) is 3.60. The number of ether oxygens (including phenoxy) is 2. The van der Waals surface area contributed by atoms with Gasteiger partial charge in [0.25, 0.3) is 0 Å². The van der Waals surface area contributed by atoms with Crippen LogP contribution in [0.5, 0.6) is 17.2 Å². The summed E-state index contributed by atoms with van der Waals surface area (Å²) < 4.78 is 10.6. The number of methoxy groups -OCH3 is 1. The first-order valence-corrected chi connectivity index (χ1v) is 6.05. The standard InChI is InChI=1S/C15H16O4/c1-9(2)15(17)19-12-8-7-11(16)14-10(12)5-4-6-13(14)18-3/h4-9,16H,1-3H3. The number of aromatic hydroxyl groups is 1. The molecular weight excluding hydrogens is 244 g/mol. The van der Waals surface area contributed by atoms with E-state index in [1.807, 2.05) is 0 Å². The summed E-state index contributed by atoms with van der Waals surface area (Å²) in [6.07, 6.45) is 0. The second-order valence-corrected chi connectivity index (χ2v) is 4.54. The van der Waals surface area contributed by atoms with Crippen molar-refractivity contribution in [3.8, 4) is 17.2 Å². The van der Waals surface area contributed by atoms with Gasteiger partial charge in [0.15, 0.2) is 0 Å². The van der Waals surface area contributed by atoms with Gasteiger partial charge in [0, 0.05) is 5.39 Å². The van der Waals surface area contributed by atoms with Crippen LogP contribution in [-0.2, 0) is 4.79 Å². The van der Waals surface area contributed by atoms with Crippen molar-refractivity contribution in [1.82, 2.24) is 0 Å². The van der Waals surface area contributed by atoms with E-state index < -0.39 is 0 Å². The summed E-state index contributed by atoms with van der Waals surface area (Å²) in [5.74, 6) is 0.531. The molecule has 0 aliphatic rings. The van der Waals surface area contributed by atoms with Gasteiger partial charge in [-0.2, -0.15) is 0 Å². The molecular formula is C15H16O4. The van der Waals surface area contributed by atoms with Crippen LogP contribution < -0.4 is 9.47 Å². The number of hydrogen-bond donors (Lipinski definition) is 1. The molecule has 0 fully saturated rings. The summed E-state index contributed by atoms with van der Waals surface area (Å²) in [5.41, 5.74) is 0. The van der Waals surface area contributed by atoms with Crippen molar-refractivity contribution >= 4 is 16.7 Å². The molecule has 0 aliphatic heterocycles. The summed E-state index contributed by atoms with van der Waals surface area (Å²) >= 11 is 0. The van der Waals surface area contributed by atoms with E-state index in [0.717, 1.165) is 0 Å². The predicted octanol–water partition coefficient (Wildman–Crippen LogP) is 3.12. The van der Waals surface area contributed by atoms with Gasteiger partial charge in [-0.15, -0.1) is 0 Å². The van der Waals surface area contributed by atoms with Crippen LogP contribution in [0.3, 0.4) is 0 Å². The normalized spacial score (nSPS) is 10.7. The van der Waals surface area contributed by atoms with Crippen LogP contribution in [0.2, 0.25) is 0 Å². The molecule has 1 N–H and O–H groups in total. The lowest BCUT2D eigenvalue weighted by molar-refractivity contribution is -0.137. The number of esters is 1. The number of benzene rings is 2. The molecule has 0 saturated carbocycles. The number of fused-ring (bicyclic) bond motifs is 1. The lowest BCUT2D eigenvalue weighted by atomic mass is 10.1. The fourth-order valence-electron chi connectivity index (χ4n) is 1.81. The van der Waals surface area contributed by atoms with E-state index in [4.69, 9.17) is 9.47 Å². The molecule has 0 amide bonds. The topological polar surface area (TPSA) is 55.8 Å². The van der Waals surface area contributed by atoms with Crippen LogP contribution in [0.25, 0.3) is 10.8 Å². The van der Waals surface area contributed by atoms with Crippen LogP contribution in [-0.4, -0.2) is 18.2 Å². The van der Waals surface area contributed by atoms with Crippen LogP contribution in [0, 0.1) is 5.92 Å². The lowest BCUT2D eigenvalue weighted by Gasteiger charge is -2.12. The van der Waals surface area contributed by atoms with Gasteiger partial charge in [-0.1, -0.05) is 26.0 Å². The Hall–Kier alpha value is -2.23. The molecule has 19 heavy (non-hydrogen) atoms. The molecule has 0 unspecified atom stereocenters. The van der Waals surface area contributed by atoms with E-state index in [0.29, 0.717) is 22.3 Å². The van der Waals surface area contributed by atoms with Gasteiger partial charge in [-0.25, -0.2) is 0 Å². The summed E-state index contributed by atoms with van der Waals surface area (Å²) in [5, 5.41) is 11.1. The molecule has 2 aromatic carbocycles. The zero-order chi connectivity index (χ0) is 14.0. The smallest absolute Gasteiger partial charge is 0.313 e. The van der Waals surface area contributed by atoms with Gasteiger partial charge < -0.3 is 14.6 Å². The molecule has 0 heterocycles. The Morgan fingerprint density at radius 2 is 1.89 bits per heavy atom. The van der Waals surface area contributed by atoms with Gasteiger partial charge in [-0.05, 0) is 18.2 Å². The number of rotatable bonds is 3. The van der Waals surface area contributed by atoms with Crippen LogP contribution >= 0.6 is 0 Å². The Morgan fingerprint density at radius 3 is 2.53 bits per heavy atom. The maximum absolute atomic E-state index is 11.7. The van der Waals surface area contributed by atoms with E-state index in [1.165, 1.54) is 13.2 Å². The van der Waals surface area contributed by atoms with Crippen LogP contribution in [0.1, 0.15) is 13.8 Å². The Morgan fingerprint density at radius 1 is 1.16 bits per heavy atom. The van der Waals surface area contributed by atoms with E-state index in [-0.39, 0.29) is 17.6 Å². The van der Waals surface area contributed by atoms with Crippen molar-refractivity contribution in [2.45, 2.75) is 13.8 Å². The highest BCUT2D eigenvalue weighted by atomic mass is 16.5. The van der Waals surface area contributed by atoms with Gasteiger partial charge >= 0.3 is 5.97 Å². The summed E-state index contributed by atoms with van der Waals surface area (Å²) in [4.78, 5) is 11.7. The average molecular weight is 260 g/mol. The first kappa shape index (κ1) is 13.2. The molecule has 100 valence electrons. The molecule has 0 spiro atoms. The van der Waals surface area contributed by atoms with Crippen molar-refractivity contribution < 1.29 is 19.4 Å². The maximum atomic E-state index is 11.7. The van der Waals surface area contributed by atoms with Crippen molar-refractivity contribution in [2.24, 2.45) is 5.92 Å².